The Hall–Kier alpha value is -1.30. The number of hydrogen-bond acceptors (Lipinski definition) is 2. The molecule has 0 aliphatic carbocycles. The summed E-state index contributed by atoms with van der Waals surface area (Å²) in [5.74, 6) is -1.36. The molecule has 20 heavy (non-hydrogen) atoms. The molecule has 0 radical (unpaired) electrons. The average Bonchev–Trinajstić information content (AvgIpc) is 2.36. The molecular formula is C13H8BrCl2FN2O. The first-order valence-corrected chi connectivity index (χ1v) is 6.94. The van der Waals surface area contributed by atoms with Crippen LogP contribution in [0.2, 0.25) is 10.0 Å². The third kappa shape index (κ3) is 3.23. The standard InChI is InChI=1S/C13H8BrCl2FN2O/c14-6-3-9(15)12(10(16)4-6)19-13(20)8-5-7(18)1-2-11(8)17/h1-5H,18H2,(H,19,20). The summed E-state index contributed by atoms with van der Waals surface area (Å²) in [4.78, 5) is 12.0. The molecule has 0 aromatic heterocycles. The number of anilines is 2. The normalized spacial score (nSPS) is 10.4. The molecule has 0 saturated carbocycles. The van der Waals surface area contributed by atoms with Gasteiger partial charge in [-0.3, -0.25) is 4.79 Å². The highest BCUT2D eigenvalue weighted by atomic mass is 79.9. The highest BCUT2D eigenvalue weighted by Gasteiger charge is 2.16. The van der Waals surface area contributed by atoms with E-state index in [4.69, 9.17) is 28.9 Å². The van der Waals surface area contributed by atoms with Gasteiger partial charge in [-0.25, -0.2) is 4.39 Å². The Labute approximate surface area is 133 Å². The summed E-state index contributed by atoms with van der Waals surface area (Å²) < 4.78 is 14.3. The minimum atomic E-state index is -0.680. The monoisotopic (exact) mass is 376 g/mol. The van der Waals surface area contributed by atoms with Gasteiger partial charge in [0.05, 0.1) is 21.3 Å². The fourth-order valence-electron chi connectivity index (χ4n) is 1.56. The van der Waals surface area contributed by atoms with Crippen LogP contribution < -0.4 is 11.1 Å². The van der Waals surface area contributed by atoms with Gasteiger partial charge in [-0.15, -0.1) is 0 Å². The van der Waals surface area contributed by atoms with Crippen molar-refractivity contribution < 1.29 is 9.18 Å². The molecule has 0 unspecified atom stereocenters. The van der Waals surface area contributed by atoms with E-state index in [0.29, 0.717) is 4.47 Å². The lowest BCUT2D eigenvalue weighted by Crippen LogP contribution is -2.14. The molecule has 3 nitrogen and oxygen atoms in total. The summed E-state index contributed by atoms with van der Waals surface area (Å²) in [6.45, 7) is 0. The minimum Gasteiger partial charge on any atom is -0.399 e. The van der Waals surface area contributed by atoms with E-state index in [9.17, 15) is 9.18 Å². The van der Waals surface area contributed by atoms with E-state index in [-0.39, 0.29) is 27.0 Å². The Morgan fingerprint density at radius 1 is 1.20 bits per heavy atom. The number of carbonyl (C=O) groups excluding carboxylic acids is 1. The Bertz CT molecular complexity index is 671. The summed E-state index contributed by atoms with van der Waals surface area (Å²) in [6.07, 6.45) is 0. The topological polar surface area (TPSA) is 55.1 Å². The van der Waals surface area contributed by atoms with Crippen molar-refractivity contribution in [3.63, 3.8) is 0 Å². The summed E-state index contributed by atoms with van der Waals surface area (Å²) in [7, 11) is 0. The average molecular weight is 378 g/mol. The van der Waals surface area contributed by atoms with Gasteiger partial charge in [-0.05, 0) is 30.3 Å². The molecule has 2 aromatic carbocycles. The van der Waals surface area contributed by atoms with Gasteiger partial charge in [0.15, 0.2) is 0 Å². The first-order valence-electron chi connectivity index (χ1n) is 5.39. The molecular weight excluding hydrogens is 370 g/mol. The van der Waals surface area contributed by atoms with E-state index < -0.39 is 11.7 Å². The van der Waals surface area contributed by atoms with Crippen LogP contribution in [0.1, 0.15) is 10.4 Å². The lowest BCUT2D eigenvalue weighted by molar-refractivity contribution is 0.102. The molecule has 0 aliphatic rings. The second-order valence-electron chi connectivity index (χ2n) is 3.94. The fraction of sp³-hybridized carbons (Fsp3) is 0. The van der Waals surface area contributed by atoms with E-state index in [1.54, 1.807) is 12.1 Å². The number of hydrogen-bond donors (Lipinski definition) is 2. The molecule has 0 fully saturated rings. The SMILES string of the molecule is Nc1ccc(F)c(C(=O)Nc2c(Cl)cc(Br)cc2Cl)c1. The van der Waals surface area contributed by atoms with Gasteiger partial charge in [0.1, 0.15) is 5.82 Å². The van der Waals surface area contributed by atoms with Gasteiger partial charge in [0.25, 0.3) is 5.91 Å². The molecule has 0 saturated heterocycles. The third-order valence-electron chi connectivity index (χ3n) is 2.48. The number of nitrogens with two attached hydrogens (primary N) is 1. The summed E-state index contributed by atoms with van der Waals surface area (Å²) in [6, 6.07) is 6.86. The maximum absolute atomic E-state index is 13.6. The van der Waals surface area contributed by atoms with E-state index in [1.165, 1.54) is 12.1 Å². The number of rotatable bonds is 2. The van der Waals surface area contributed by atoms with Crippen LogP contribution in [-0.4, -0.2) is 5.91 Å². The number of halogens is 4. The van der Waals surface area contributed by atoms with Crippen LogP contribution in [0.15, 0.2) is 34.8 Å². The number of benzene rings is 2. The molecule has 7 heteroatoms. The third-order valence-corrected chi connectivity index (χ3v) is 3.53. The number of nitrogen functional groups attached to an aromatic ring is 1. The first-order chi connectivity index (χ1) is 9.38. The van der Waals surface area contributed by atoms with Crippen molar-refractivity contribution in [3.8, 4) is 0 Å². The highest BCUT2D eigenvalue weighted by Crippen LogP contribution is 2.34. The first kappa shape index (κ1) is 15.1. The number of carbonyl (C=O) groups is 1. The molecule has 104 valence electrons. The zero-order valence-corrected chi connectivity index (χ0v) is 13.0. The van der Waals surface area contributed by atoms with Crippen LogP contribution in [0.3, 0.4) is 0 Å². The van der Waals surface area contributed by atoms with Crippen molar-refractivity contribution in [1.82, 2.24) is 0 Å². The van der Waals surface area contributed by atoms with E-state index >= 15 is 0 Å². The quantitative estimate of drug-likeness (QED) is 0.743. The zero-order chi connectivity index (χ0) is 14.9. The molecule has 2 rings (SSSR count). The number of amides is 1. The molecule has 3 N–H and O–H groups in total. The van der Waals surface area contributed by atoms with Crippen LogP contribution in [-0.2, 0) is 0 Å². The van der Waals surface area contributed by atoms with E-state index in [0.717, 1.165) is 6.07 Å². The van der Waals surface area contributed by atoms with Gasteiger partial charge in [0, 0.05) is 10.2 Å². The fourth-order valence-corrected chi connectivity index (χ4v) is 2.86. The molecule has 0 bridgehead atoms. The molecule has 2 aromatic rings. The number of nitrogens with one attached hydrogen (secondary N) is 1. The van der Waals surface area contributed by atoms with Crippen LogP contribution in [0.5, 0.6) is 0 Å². The predicted molar refractivity (Wildman–Crippen MR) is 82.9 cm³/mol. The Balaban J connectivity index is 2.35. The van der Waals surface area contributed by atoms with Gasteiger partial charge < -0.3 is 11.1 Å². The summed E-state index contributed by atoms with van der Waals surface area (Å²) in [5, 5.41) is 2.95. The predicted octanol–water partition coefficient (Wildman–Crippen LogP) is 4.73. The van der Waals surface area contributed by atoms with Crippen LogP contribution in [0.4, 0.5) is 15.8 Å². The summed E-state index contributed by atoms with van der Waals surface area (Å²) >= 11 is 15.2. The zero-order valence-electron chi connectivity index (χ0n) is 9.88. The van der Waals surface area contributed by atoms with Crippen molar-refractivity contribution in [2.75, 3.05) is 11.1 Å². The second-order valence-corrected chi connectivity index (χ2v) is 5.67. The molecule has 0 aliphatic heterocycles. The summed E-state index contributed by atoms with van der Waals surface area (Å²) in [5.41, 5.74) is 5.85. The van der Waals surface area contributed by atoms with Crippen molar-refractivity contribution >= 4 is 56.4 Å². The van der Waals surface area contributed by atoms with Crippen molar-refractivity contribution in [2.24, 2.45) is 0 Å². The van der Waals surface area contributed by atoms with Gasteiger partial charge in [-0.2, -0.15) is 0 Å². The minimum absolute atomic E-state index is 0.181. The maximum Gasteiger partial charge on any atom is 0.258 e. The van der Waals surface area contributed by atoms with Gasteiger partial charge >= 0.3 is 0 Å². The second kappa shape index (κ2) is 5.99. The Morgan fingerprint density at radius 2 is 1.80 bits per heavy atom. The molecule has 1 amide bonds. The lowest BCUT2D eigenvalue weighted by Gasteiger charge is -2.10. The highest BCUT2D eigenvalue weighted by molar-refractivity contribution is 9.10. The Morgan fingerprint density at radius 3 is 2.40 bits per heavy atom. The van der Waals surface area contributed by atoms with Crippen LogP contribution in [0, 0.1) is 5.82 Å². The smallest absolute Gasteiger partial charge is 0.258 e. The van der Waals surface area contributed by atoms with E-state index in [1.807, 2.05) is 0 Å². The van der Waals surface area contributed by atoms with Crippen molar-refractivity contribution in [1.29, 1.82) is 0 Å². The molecule has 0 spiro atoms. The molecule has 0 heterocycles. The Kier molecular flexibility index (Phi) is 4.52. The van der Waals surface area contributed by atoms with Crippen molar-refractivity contribution in [3.05, 3.63) is 56.2 Å². The molecule has 0 atom stereocenters. The van der Waals surface area contributed by atoms with E-state index in [2.05, 4.69) is 21.2 Å². The van der Waals surface area contributed by atoms with Crippen molar-refractivity contribution in [2.45, 2.75) is 0 Å². The maximum atomic E-state index is 13.6. The largest absolute Gasteiger partial charge is 0.399 e. The van der Waals surface area contributed by atoms with Gasteiger partial charge in [0.2, 0.25) is 0 Å². The lowest BCUT2D eigenvalue weighted by atomic mass is 10.1. The van der Waals surface area contributed by atoms with Gasteiger partial charge in [-0.1, -0.05) is 39.1 Å². The van der Waals surface area contributed by atoms with Crippen LogP contribution >= 0.6 is 39.1 Å². The van der Waals surface area contributed by atoms with Crippen LogP contribution in [0.25, 0.3) is 0 Å².